The largest absolute Gasteiger partial charge is 0.353 e. The van der Waals surface area contributed by atoms with Crippen molar-refractivity contribution in [3.63, 3.8) is 0 Å². The molecule has 20 heavy (non-hydrogen) atoms. The maximum absolute atomic E-state index is 12.9. The Balaban J connectivity index is 1.90. The van der Waals surface area contributed by atoms with Gasteiger partial charge in [0, 0.05) is 5.56 Å². The van der Waals surface area contributed by atoms with Gasteiger partial charge in [0.1, 0.15) is 5.72 Å². The second-order valence-corrected chi connectivity index (χ2v) is 5.95. The van der Waals surface area contributed by atoms with Gasteiger partial charge in [-0.1, -0.05) is 31.5 Å². The number of carbonyl (C=O) groups excluding carboxylic acids is 1. The van der Waals surface area contributed by atoms with Gasteiger partial charge in [-0.15, -0.1) is 0 Å². The smallest absolute Gasteiger partial charge is 0.256 e. The molecule has 2 fully saturated rings. The lowest BCUT2D eigenvalue weighted by Crippen LogP contribution is -2.50. The molecule has 2 aliphatic rings. The first-order valence-electron chi connectivity index (χ1n) is 7.79. The van der Waals surface area contributed by atoms with Crippen molar-refractivity contribution in [3.05, 3.63) is 35.9 Å². The van der Waals surface area contributed by atoms with Gasteiger partial charge in [0.25, 0.3) is 5.91 Å². The van der Waals surface area contributed by atoms with E-state index in [4.69, 9.17) is 4.74 Å². The summed E-state index contributed by atoms with van der Waals surface area (Å²) in [6, 6.07) is 9.87. The number of rotatable bonds is 3. The van der Waals surface area contributed by atoms with Crippen LogP contribution in [0.3, 0.4) is 0 Å². The molecule has 0 N–H and O–H groups in total. The zero-order valence-electron chi connectivity index (χ0n) is 12.2. The van der Waals surface area contributed by atoms with Gasteiger partial charge in [-0.3, -0.25) is 4.79 Å². The second kappa shape index (κ2) is 5.57. The molecule has 1 saturated carbocycles. The molecule has 0 aromatic heterocycles. The average Bonchev–Trinajstić information content (AvgIpc) is 3.09. The highest BCUT2D eigenvalue weighted by Gasteiger charge is 2.51. The molecule has 1 aromatic rings. The molecule has 108 valence electrons. The van der Waals surface area contributed by atoms with Crippen LogP contribution in [0.2, 0.25) is 0 Å². The third-order valence-electron chi connectivity index (χ3n) is 4.59. The summed E-state index contributed by atoms with van der Waals surface area (Å²) < 4.78 is 6.13. The highest BCUT2D eigenvalue weighted by molar-refractivity contribution is 5.95. The molecule has 1 aromatic carbocycles. The average molecular weight is 273 g/mol. The van der Waals surface area contributed by atoms with Crippen LogP contribution in [0.1, 0.15) is 55.8 Å². The molecule has 3 rings (SSSR count). The van der Waals surface area contributed by atoms with E-state index in [1.54, 1.807) is 0 Å². The number of benzene rings is 1. The Hall–Kier alpha value is -1.35. The summed E-state index contributed by atoms with van der Waals surface area (Å²) in [6.45, 7) is 2.87. The molecule has 3 nitrogen and oxygen atoms in total. The van der Waals surface area contributed by atoms with Crippen molar-refractivity contribution in [2.24, 2.45) is 0 Å². The summed E-state index contributed by atoms with van der Waals surface area (Å²) in [5.74, 6) is 0.142. The van der Waals surface area contributed by atoms with Crippen LogP contribution in [0, 0.1) is 0 Å². The quantitative estimate of drug-likeness (QED) is 0.842. The molecule has 1 heterocycles. The highest BCUT2D eigenvalue weighted by atomic mass is 16.5. The number of hydrogen-bond donors (Lipinski definition) is 0. The maximum atomic E-state index is 12.9. The minimum absolute atomic E-state index is 0.142. The normalized spacial score (nSPS) is 24.4. The first kappa shape index (κ1) is 13.6. The van der Waals surface area contributed by atoms with Crippen molar-refractivity contribution in [1.82, 2.24) is 4.90 Å². The molecule has 1 aliphatic carbocycles. The van der Waals surface area contributed by atoms with Crippen LogP contribution in [0.4, 0.5) is 0 Å². The highest BCUT2D eigenvalue weighted by Crippen LogP contribution is 2.43. The van der Waals surface area contributed by atoms with Crippen molar-refractivity contribution in [2.45, 2.75) is 57.2 Å². The van der Waals surface area contributed by atoms with Gasteiger partial charge in [0.05, 0.1) is 12.6 Å². The fourth-order valence-corrected chi connectivity index (χ4v) is 3.66. The fraction of sp³-hybridized carbons (Fsp3) is 0.588. The predicted octanol–water partition coefficient (Wildman–Crippen LogP) is 3.60. The van der Waals surface area contributed by atoms with E-state index >= 15 is 0 Å². The molecule has 0 radical (unpaired) electrons. The Morgan fingerprint density at radius 1 is 1.30 bits per heavy atom. The topological polar surface area (TPSA) is 29.5 Å². The summed E-state index contributed by atoms with van der Waals surface area (Å²) in [5.41, 5.74) is 0.470. The van der Waals surface area contributed by atoms with Crippen LogP contribution in [-0.2, 0) is 4.74 Å². The second-order valence-electron chi connectivity index (χ2n) is 5.95. The third kappa shape index (κ3) is 2.24. The van der Waals surface area contributed by atoms with Crippen molar-refractivity contribution < 1.29 is 9.53 Å². The monoisotopic (exact) mass is 273 g/mol. The number of carbonyl (C=O) groups is 1. The van der Waals surface area contributed by atoms with Crippen molar-refractivity contribution >= 4 is 5.91 Å². The Morgan fingerprint density at radius 2 is 2.00 bits per heavy atom. The summed E-state index contributed by atoms with van der Waals surface area (Å²) in [7, 11) is 0. The van der Waals surface area contributed by atoms with E-state index in [1.807, 2.05) is 30.3 Å². The Bertz CT molecular complexity index is 465. The predicted molar refractivity (Wildman–Crippen MR) is 78.5 cm³/mol. The van der Waals surface area contributed by atoms with Crippen LogP contribution in [0.25, 0.3) is 0 Å². The van der Waals surface area contributed by atoms with Gasteiger partial charge in [0.15, 0.2) is 0 Å². The number of hydrogen-bond acceptors (Lipinski definition) is 2. The Morgan fingerprint density at radius 3 is 2.65 bits per heavy atom. The standard InChI is InChI=1S/C17H23NO2/c1-2-8-15-13-20-17(11-6-7-12-17)18(15)16(19)14-9-4-3-5-10-14/h3-5,9-10,15H,2,6-8,11-13H2,1H3. The minimum atomic E-state index is -0.313. The molecule has 1 amide bonds. The molecule has 1 unspecified atom stereocenters. The minimum Gasteiger partial charge on any atom is -0.353 e. The van der Waals surface area contributed by atoms with Crippen LogP contribution >= 0.6 is 0 Å². The van der Waals surface area contributed by atoms with Crippen LogP contribution in [-0.4, -0.2) is 29.2 Å². The van der Waals surface area contributed by atoms with Crippen molar-refractivity contribution in [3.8, 4) is 0 Å². The van der Waals surface area contributed by atoms with Gasteiger partial charge in [0.2, 0.25) is 0 Å². The lowest BCUT2D eigenvalue weighted by molar-refractivity contribution is -0.0643. The summed E-state index contributed by atoms with van der Waals surface area (Å²) >= 11 is 0. The summed E-state index contributed by atoms with van der Waals surface area (Å²) in [6.07, 6.45) is 6.43. The number of nitrogens with zero attached hydrogens (tertiary/aromatic N) is 1. The molecule has 3 heteroatoms. The third-order valence-corrected chi connectivity index (χ3v) is 4.59. The lowest BCUT2D eigenvalue weighted by Gasteiger charge is -2.36. The van der Waals surface area contributed by atoms with Gasteiger partial charge in [-0.25, -0.2) is 0 Å². The van der Waals surface area contributed by atoms with Gasteiger partial charge >= 0.3 is 0 Å². The molecule has 1 spiro atoms. The molecule has 1 aliphatic heterocycles. The zero-order chi connectivity index (χ0) is 14.0. The van der Waals surface area contributed by atoms with E-state index in [9.17, 15) is 4.79 Å². The van der Waals surface area contributed by atoms with Gasteiger partial charge < -0.3 is 9.64 Å². The van der Waals surface area contributed by atoms with E-state index in [2.05, 4.69) is 11.8 Å². The summed E-state index contributed by atoms with van der Waals surface area (Å²) in [4.78, 5) is 15.0. The first-order chi connectivity index (χ1) is 9.77. The Kier molecular flexibility index (Phi) is 3.79. The van der Waals surface area contributed by atoms with Gasteiger partial charge in [-0.05, 0) is 44.2 Å². The van der Waals surface area contributed by atoms with Crippen LogP contribution in [0.15, 0.2) is 30.3 Å². The van der Waals surface area contributed by atoms with E-state index < -0.39 is 0 Å². The molecular formula is C17H23NO2. The molecule has 1 saturated heterocycles. The maximum Gasteiger partial charge on any atom is 0.256 e. The van der Waals surface area contributed by atoms with Crippen LogP contribution < -0.4 is 0 Å². The molecular weight excluding hydrogens is 250 g/mol. The number of amides is 1. The van der Waals surface area contributed by atoms with E-state index in [0.717, 1.165) is 44.1 Å². The molecule has 1 atom stereocenters. The van der Waals surface area contributed by atoms with Crippen LogP contribution in [0.5, 0.6) is 0 Å². The zero-order valence-corrected chi connectivity index (χ0v) is 12.2. The van der Waals surface area contributed by atoms with E-state index in [0.29, 0.717) is 6.61 Å². The summed E-state index contributed by atoms with van der Waals surface area (Å²) in [5, 5.41) is 0. The van der Waals surface area contributed by atoms with Crippen molar-refractivity contribution in [1.29, 1.82) is 0 Å². The Labute approximate surface area is 120 Å². The fourth-order valence-electron chi connectivity index (χ4n) is 3.66. The van der Waals surface area contributed by atoms with Crippen molar-refractivity contribution in [2.75, 3.05) is 6.61 Å². The first-order valence-corrected chi connectivity index (χ1v) is 7.79. The van der Waals surface area contributed by atoms with Gasteiger partial charge in [-0.2, -0.15) is 0 Å². The lowest BCUT2D eigenvalue weighted by atomic mass is 10.0. The van der Waals surface area contributed by atoms with E-state index in [1.165, 1.54) is 0 Å². The van der Waals surface area contributed by atoms with E-state index in [-0.39, 0.29) is 17.7 Å². The number of ether oxygens (including phenoxy) is 1. The SMILES string of the molecule is CCCC1COC2(CCCC2)N1C(=O)c1ccccc1. The molecule has 0 bridgehead atoms.